The van der Waals surface area contributed by atoms with Crippen LogP contribution in [0, 0.1) is 0 Å². The number of hydrogen-bond acceptors (Lipinski definition) is 4. The zero-order valence-electron chi connectivity index (χ0n) is 9.20. The van der Waals surface area contributed by atoms with E-state index in [1.54, 1.807) is 0 Å². The quantitative estimate of drug-likeness (QED) is 0.683. The molecule has 2 N–H and O–H groups in total. The molecule has 0 heterocycles. The van der Waals surface area contributed by atoms with Crippen LogP contribution in [0.5, 0.6) is 0 Å². The molecule has 0 atom stereocenters. The summed E-state index contributed by atoms with van der Waals surface area (Å²) in [5, 5.41) is 16.6. The highest BCUT2D eigenvalue weighted by Gasteiger charge is 2.36. The van der Waals surface area contributed by atoms with E-state index in [2.05, 4.69) is 0 Å². The number of nitrogens with zero attached hydrogens (tertiary/aromatic N) is 1. The fraction of sp³-hybridized carbons (Fsp3) is 0.778. The number of carboxylic acid groups (broad SMARTS) is 2. The van der Waals surface area contributed by atoms with Crippen LogP contribution in [-0.4, -0.2) is 53.2 Å². The van der Waals surface area contributed by atoms with E-state index in [4.69, 9.17) is 10.2 Å². The molecule has 0 radical (unpaired) electrons. The van der Waals surface area contributed by atoms with Crippen LogP contribution in [0.2, 0.25) is 0 Å². The van der Waals surface area contributed by atoms with E-state index < -0.39 is 40.3 Å². The average molecular weight is 265 g/mol. The normalized spacial score (nSPS) is 17.5. The van der Waals surface area contributed by atoms with E-state index in [1.165, 1.54) is 0 Å². The second-order valence-corrected chi connectivity index (χ2v) is 6.22. The summed E-state index contributed by atoms with van der Waals surface area (Å²) in [4.78, 5) is 21.1. The average Bonchev–Trinajstić information content (AvgIpc) is 2.68. The highest BCUT2D eigenvalue weighted by atomic mass is 32.2. The van der Waals surface area contributed by atoms with Crippen molar-refractivity contribution in [2.24, 2.45) is 0 Å². The maximum atomic E-state index is 12.0. The van der Waals surface area contributed by atoms with Crippen LogP contribution in [0.15, 0.2) is 0 Å². The van der Waals surface area contributed by atoms with Gasteiger partial charge in [-0.25, -0.2) is 8.42 Å². The van der Waals surface area contributed by atoms with Crippen molar-refractivity contribution in [3.8, 4) is 0 Å². The standard InChI is InChI=1S/C9H15NO6S/c11-8(12)5-10(6-9(13)14)17(15,16)7-3-1-2-4-7/h7H,1-6H2,(H,11,12)(H,13,14). The Labute approximate surface area is 99.1 Å². The Hall–Kier alpha value is -1.15. The van der Waals surface area contributed by atoms with Crippen molar-refractivity contribution in [1.82, 2.24) is 4.31 Å². The molecule has 0 aliphatic heterocycles. The van der Waals surface area contributed by atoms with E-state index in [1.807, 2.05) is 0 Å². The van der Waals surface area contributed by atoms with Gasteiger partial charge in [0.05, 0.1) is 5.25 Å². The summed E-state index contributed by atoms with van der Waals surface area (Å²) in [6.07, 6.45) is 2.49. The molecule has 0 amide bonds. The van der Waals surface area contributed by atoms with Crippen LogP contribution in [-0.2, 0) is 19.6 Å². The molecule has 0 aromatic heterocycles. The zero-order valence-corrected chi connectivity index (χ0v) is 10.0. The van der Waals surface area contributed by atoms with E-state index in [0.717, 1.165) is 12.8 Å². The molecule has 0 unspecified atom stereocenters. The number of sulfonamides is 1. The van der Waals surface area contributed by atoms with Gasteiger partial charge in [-0.3, -0.25) is 9.59 Å². The van der Waals surface area contributed by atoms with Gasteiger partial charge in [0.25, 0.3) is 0 Å². The van der Waals surface area contributed by atoms with Crippen molar-refractivity contribution < 1.29 is 28.2 Å². The minimum atomic E-state index is -3.82. The molecule has 0 bridgehead atoms. The Morgan fingerprint density at radius 3 is 1.82 bits per heavy atom. The fourth-order valence-corrected chi connectivity index (χ4v) is 3.87. The van der Waals surface area contributed by atoms with E-state index in [-0.39, 0.29) is 0 Å². The third-order valence-corrected chi connectivity index (χ3v) is 5.00. The second kappa shape index (κ2) is 5.46. The number of carbonyl (C=O) groups is 2. The third kappa shape index (κ3) is 3.67. The summed E-state index contributed by atoms with van der Waals surface area (Å²) in [6, 6.07) is 0. The molecule has 0 saturated heterocycles. The molecule has 1 aliphatic carbocycles. The second-order valence-electron chi connectivity index (χ2n) is 4.01. The van der Waals surface area contributed by atoms with Crippen LogP contribution in [0.25, 0.3) is 0 Å². The fourth-order valence-electron chi connectivity index (χ4n) is 1.93. The first-order valence-corrected chi connectivity index (χ1v) is 6.77. The molecule has 0 aromatic rings. The van der Waals surface area contributed by atoms with Gasteiger partial charge in [-0.1, -0.05) is 12.8 Å². The van der Waals surface area contributed by atoms with Gasteiger partial charge < -0.3 is 10.2 Å². The van der Waals surface area contributed by atoms with Crippen molar-refractivity contribution >= 4 is 22.0 Å². The summed E-state index contributed by atoms with van der Waals surface area (Å²) in [7, 11) is -3.82. The lowest BCUT2D eigenvalue weighted by Gasteiger charge is -2.22. The molecule has 0 spiro atoms. The van der Waals surface area contributed by atoms with Gasteiger partial charge >= 0.3 is 11.9 Å². The maximum Gasteiger partial charge on any atom is 0.318 e. The molecule has 1 aliphatic rings. The van der Waals surface area contributed by atoms with Crippen LogP contribution in [0.4, 0.5) is 0 Å². The number of hydrogen-bond donors (Lipinski definition) is 2. The van der Waals surface area contributed by atoms with Crippen molar-refractivity contribution in [1.29, 1.82) is 0 Å². The van der Waals surface area contributed by atoms with Crippen LogP contribution in [0.1, 0.15) is 25.7 Å². The SMILES string of the molecule is O=C(O)CN(CC(=O)O)S(=O)(=O)C1CCCC1. The smallest absolute Gasteiger partial charge is 0.318 e. The minimum absolute atomic E-state index is 0.470. The van der Waals surface area contributed by atoms with Crippen molar-refractivity contribution in [2.75, 3.05) is 13.1 Å². The Bertz CT molecular complexity index is 382. The first kappa shape index (κ1) is 13.9. The van der Waals surface area contributed by atoms with Gasteiger partial charge in [0.1, 0.15) is 13.1 Å². The van der Waals surface area contributed by atoms with Crippen molar-refractivity contribution in [2.45, 2.75) is 30.9 Å². The first-order chi connectivity index (χ1) is 7.84. The van der Waals surface area contributed by atoms with E-state index in [0.29, 0.717) is 17.1 Å². The Balaban J connectivity index is 2.86. The van der Waals surface area contributed by atoms with Crippen LogP contribution < -0.4 is 0 Å². The molecule has 1 rings (SSSR count). The summed E-state index contributed by atoms with van der Waals surface area (Å²) in [6.45, 7) is -1.60. The number of carboxylic acids is 2. The van der Waals surface area contributed by atoms with Crippen LogP contribution >= 0.6 is 0 Å². The molecule has 1 fully saturated rings. The number of rotatable bonds is 6. The van der Waals surface area contributed by atoms with Gasteiger partial charge in [0.2, 0.25) is 10.0 Å². The largest absolute Gasteiger partial charge is 0.480 e. The summed E-state index contributed by atoms with van der Waals surface area (Å²) in [5.41, 5.74) is 0. The number of aliphatic carboxylic acids is 2. The zero-order chi connectivity index (χ0) is 13.1. The van der Waals surface area contributed by atoms with Crippen LogP contribution in [0.3, 0.4) is 0 Å². The Kier molecular flexibility index (Phi) is 4.47. The summed E-state index contributed by atoms with van der Waals surface area (Å²) in [5.74, 6) is -2.71. The predicted octanol–water partition coefficient (Wildman–Crippen LogP) is -0.270. The topological polar surface area (TPSA) is 112 Å². The molecule has 8 heteroatoms. The predicted molar refractivity (Wildman–Crippen MR) is 58.0 cm³/mol. The lowest BCUT2D eigenvalue weighted by atomic mass is 10.4. The maximum absolute atomic E-state index is 12.0. The highest BCUT2D eigenvalue weighted by Crippen LogP contribution is 2.26. The minimum Gasteiger partial charge on any atom is -0.480 e. The van der Waals surface area contributed by atoms with Gasteiger partial charge in [-0.2, -0.15) is 4.31 Å². The van der Waals surface area contributed by atoms with E-state index >= 15 is 0 Å². The molecule has 17 heavy (non-hydrogen) atoms. The summed E-state index contributed by atoms with van der Waals surface area (Å²) >= 11 is 0. The molecule has 7 nitrogen and oxygen atoms in total. The molecular formula is C9H15NO6S. The van der Waals surface area contributed by atoms with Gasteiger partial charge in [0, 0.05) is 0 Å². The highest BCUT2D eigenvalue weighted by molar-refractivity contribution is 7.89. The Morgan fingerprint density at radius 2 is 1.47 bits per heavy atom. The molecule has 0 aromatic carbocycles. The van der Waals surface area contributed by atoms with Gasteiger partial charge in [0.15, 0.2) is 0 Å². The summed E-state index contributed by atoms with van der Waals surface area (Å²) < 4.78 is 24.5. The molecular weight excluding hydrogens is 250 g/mol. The molecule has 1 saturated carbocycles. The van der Waals surface area contributed by atoms with Crippen molar-refractivity contribution in [3.05, 3.63) is 0 Å². The lowest BCUT2D eigenvalue weighted by molar-refractivity contribution is -0.139. The third-order valence-electron chi connectivity index (χ3n) is 2.71. The monoisotopic (exact) mass is 265 g/mol. The van der Waals surface area contributed by atoms with E-state index in [9.17, 15) is 18.0 Å². The van der Waals surface area contributed by atoms with Gasteiger partial charge in [-0.15, -0.1) is 0 Å². The Morgan fingerprint density at radius 1 is 1.06 bits per heavy atom. The first-order valence-electron chi connectivity index (χ1n) is 5.26. The van der Waals surface area contributed by atoms with Crippen molar-refractivity contribution in [3.63, 3.8) is 0 Å². The van der Waals surface area contributed by atoms with Gasteiger partial charge in [-0.05, 0) is 12.8 Å². The lowest BCUT2D eigenvalue weighted by Crippen LogP contribution is -2.43. The molecule has 98 valence electrons.